The van der Waals surface area contributed by atoms with E-state index in [9.17, 15) is 4.39 Å². The molecule has 1 unspecified atom stereocenters. The van der Waals surface area contributed by atoms with Crippen molar-refractivity contribution in [2.45, 2.75) is 52.2 Å². The number of halogens is 1. The second kappa shape index (κ2) is 8.35. The SMILES string of the molecule is CCCNC(COC(C)(C)C)Cc1cccc(OC)c1F. The highest BCUT2D eigenvalue weighted by atomic mass is 19.1. The highest BCUT2D eigenvalue weighted by Gasteiger charge is 2.18. The molecule has 0 saturated carbocycles. The second-order valence-electron chi connectivity index (χ2n) is 6.21. The van der Waals surface area contributed by atoms with Gasteiger partial charge in [0.25, 0.3) is 0 Å². The molecule has 4 heteroatoms. The van der Waals surface area contributed by atoms with E-state index in [1.54, 1.807) is 12.1 Å². The van der Waals surface area contributed by atoms with Crippen LogP contribution < -0.4 is 10.1 Å². The summed E-state index contributed by atoms with van der Waals surface area (Å²) in [5.74, 6) is 0.0116. The van der Waals surface area contributed by atoms with Crippen molar-refractivity contribution in [1.29, 1.82) is 0 Å². The summed E-state index contributed by atoms with van der Waals surface area (Å²) in [6, 6.07) is 5.35. The van der Waals surface area contributed by atoms with Crippen LogP contribution >= 0.6 is 0 Å². The zero-order valence-electron chi connectivity index (χ0n) is 13.8. The minimum absolute atomic E-state index is 0.0887. The molecule has 0 spiro atoms. The van der Waals surface area contributed by atoms with Gasteiger partial charge in [-0.25, -0.2) is 4.39 Å². The van der Waals surface area contributed by atoms with Crippen molar-refractivity contribution in [2.24, 2.45) is 0 Å². The molecule has 0 radical (unpaired) electrons. The molecule has 1 atom stereocenters. The number of hydrogen-bond acceptors (Lipinski definition) is 3. The Kier molecular flexibility index (Phi) is 7.12. The zero-order valence-corrected chi connectivity index (χ0v) is 13.8. The van der Waals surface area contributed by atoms with Crippen molar-refractivity contribution >= 4 is 0 Å². The fraction of sp³-hybridized carbons (Fsp3) is 0.647. The normalized spacial score (nSPS) is 13.2. The van der Waals surface area contributed by atoms with Crippen LogP contribution in [0.15, 0.2) is 18.2 Å². The molecule has 0 aliphatic carbocycles. The molecule has 0 bridgehead atoms. The summed E-state index contributed by atoms with van der Waals surface area (Å²) in [5, 5.41) is 3.42. The predicted octanol–water partition coefficient (Wildman–Crippen LogP) is 3.56. The molecule has 1 aromatic carbocycles. The van der Waals surface area contributed by atoms with Gasteiger partial charge >= 0.3 is 0 Å². The van der Waals surface area contributed by atoms with Crippen LogP contribution in [0, 0.1) is 5.82 Å². The Hall–Kier alpha value is -1.13. The first kappa shape index (κ1) is 17.9. The first-order chi connectivity index (χ1) is 9.87. The molecule has 0 aliphatic rings. The lowest BCUT2D eigenvalue weighted by Gasteiger charge is -2.25. The molecular weight excluding hydrogens is 269 g/mol. The number of benzene rings is 1. The van der Waals surface area contributed by atoms with Gasteiger partial charge in [0.15, 0.2) is 11.6 Å². The summed E-state index contributed by atoms with van der Waals surface area (Å²) in [5.41, 5.74) is 0.458. The summed E-state index contributed by atoms with van der Waals surface area (Å²) < 4.78 is 25.1. The van der Waals surface area contributed by atoms with Crippen molar-refractivity contribution in [3.05, 3.63) is 29.6 Å². The zero-order chi connectivity index (χ0) is 15.9. The third-order valence-corrected chi connectivity index (χ3v) is 3.13. The Bertz CT molecular complexity index is 429. The Balaban J connectivity index is 2.75. The number of methoxy groups -OCH3 is 1. The van der Waals surface area contributed by atoms with Gasteiger partial charge in [-0.1, -0.05) is 19.1 Å². The lowest BCUT2D eigenvalue weighted by Crippen LogP contribution is -2.38. The Morgan fingerprint density at radius 3 is 2.57 bits per heavy atom. The lowest BCUT2D eigenvalue weighted by molar-refractivity contribution is -0.0144. The van der Waals surface area contributed by atoms with Crippen LogP contribution in [0.2, 0.25) is 0 Å². The topological polar surface area (TPSA) is 30.5 Å². The van der Waals surface area contributed by atoms with Gasteiger partial charge in [-0.2, -0.15) is 0 Å². The number of hydrogen-bond donors (Lipinski definition) is 1. The van der Waals surface area contributed by atoms with E-state index in [1.807, 2.05) is 26.8 Å². The molecule has 0 aliphatic heterocycles. The maximum absolute atomic E-state index is 14.2. The Morgan fingerprint density at radius 1 is 1.29 bits per heavy atom. The van der Waals surface area contributed by atoms with E-state index in [0.29, 0.717) is 24.3 Å². The predicted molar refractivity (Wildman–Crippen MR) is 84.4 cm³/mol. The summed E-state index contributed by atoms with van der Waals surface area (Å²) in [7, 11) is 1.48. The van der Waals surface area contributed by atoms with Crippen LogP contribution in [0.3, 0.4) is 0 Å². The largest absolute Gasteiger partial charge is 0.494 e. The molecule has 3 nitrogen and oxygen atoms in total. The van der Waals surface area contributed by atoms with Crippen molar-refractivity contribution in [1.82, 2.24) is 5.32 Å². The van der Waals surface area contributed by atoms with Crippen LogP contribution in [0.4, 0.5) is 4.39 Å². The van der Waals surface area contributed by atoms with E-state index < -0.39 is 0 Å². The molecule has 0 amide bonds. The van der Waals surface area contributed by atoms with Crippen molar-refractivity contribution in [3.8, 4) is 5.75 Å². The highest BCUT2D eigenvalue weighted by molar-refractivity contribution is 5.31. The Morgan fingerprint density at radius 2 is 2.00 bits per heavy atom. The average Bonchev–Trinajstić information content (AvgIpc) is 2.42. The first-order valence-electron chi connectivity index (χ1n) is 7.56. The third kappa shape index (κ3) is 6.44. The fourth-order valence-corrected chi connectivity index (χ4v) is 2.03. The van der Waals surface area contributed by atoms with Crippen molar-refractivity contribution in [2.75, 3.05) is 20.3 Å². The van der Waals surface area contributed by atoms with E-state index in [2.05, 4.69) is 12.2 Å². The fourth-order valence-electron chi connectivity index (χ4n) is 2.03. The minimum Gasteiger partial charge on any atom is -0.494 e. The van der Waals surface area contributed by atoms with E-state index in [1.165, 1.54) is 7.11 Å². The van der Waals surface area contributed by atoms with Crippen LogP contribution in [-0.2, 0) is 11.2 Å². The Labute approximate surface area is 127 Å². The van der Waals surface area contributed by atoms with Gasteiger partial charge in [-0.15, -0.1) is 0 Å². The molecule has 0 fully saturated rings. The average molecular weight is 297 g/mol. The van der Waals surface area contributed by atoms with Crippen LogP contribution in [0.1, 0.15) is 39.7 Å². The van der Waals surface area contributed by atoms with Crippen LogP contribution in [-0.4, -0.2) is 31.9 Å². The molecule has 21 heavy (non-hydrogen) atoms. The monoisotopic (exact) mass is 297 g/mol. The molecule has 0 aromatic heterocycles. The molecule has 0 heterocycles. The van der Waals surface area contributed by atoms with E-state index >= 15 is 0 Å². The quantitative estimate of drug-likeness (QED) is 0.796. The van der Waals surface area contributed by atoms with Gasteiger partial charge in [0, 0.05) is 6.04 Å². The smallest absolute Gasteiger partial charge is 0.168 e. The standard InChI is InChI=1S/C17H28FNO2/c1-6-10-19-14(12-21-17(2,3)4)11-13-8-7-9-15(20-5)16(13)18/h7-9,14,19H,6,10-12H2,1-5H3. The van der Waals surface area contributed by atoms with Crippen LogP contribution in [0.25, 0.3) is 0 Å². The number of nitrogens with one attached hydrogen (secondary N) is 1. The minimum atomic E-state index is -0.279. The number of ether oxygens (including phenoxy) is 2. The molecule has 1 N–H and O–H groups in total. The van der Waals surface area contributed by atoms with Gasteiger partial charge in [0.2, 0.25) is 0 Å². The first-order valence-corrected chi connectivity index (χ1v) is 7.56. The molecule has 1 aromatic rings. The molecular formula is C17H28FNO2. The molecule has 120 valence electrons. The van der Waals surface area contributed by atoms with Gasteiger partial charge < -0.3 is 14.8 Å². The maximum atomic E-state index is 14.2. The summed E-state index contributed by atoms with van der Waals surface area (Å²) >= 11 is 0. The maximum Gasteiger partial charge on any atom is 0.168 e. The van der Waals surface area contributed by atoms with Crippen molar-refractivity contribution < 1.29 is 13.9 Å². The van der Waals surface area contributed by atoms with Gasteiger partial charge in [-0.3, -0.25) is 0 Å². The number of rotatable bonds is 8. The van der Waals surface area contributed by atoms with E-state index in [-0.39, 0.29) is 17.5 Å². The van der Waals surface area contributed by atoms with E-state index in [0.717, 1.165) is 13.0 Å². The summed E-state index contributed by atoms with van der Waals surface area (Å²) in [6.07, 6.45) is 1.62. The van der Waals surface area contributed by atoms with E-state index in [4.69, 9.17) is 9.47 Å². The highest BCUT2D eigenvalue weighted by Crippen LogP contribution is 2.21. The lowest BCUT2D eigenvalue weighted by atomic mass is 10.0. The van der Waals surface area contributed by atoms with Crippen molar-refractivity contribution in [3.63, 3.8) is 0 Å². The third-order valence-electron chi connectivity index (χ3n) is 3.13. The molecule has 0 saturated heterocycles. The summed E-state index contributed by atoms with van der Waals surface area (Å²) in [4.78, 5) is 0. The second-order valence-corrected chi connectivity index (χ2v) is 6.21. The van der Waals surface area contributed by atoms with Crippen LogP contribution in [0.5, 0.6) is 5.75 Å². The van der Waals surface area contributed by atoms with Gasteiger partial charge in [-0.05, 0) is 51.8 Å². The van der Waals surface area contributed by atoms with Gasteiger partial charge in [0.1, 0.15) is 0 Å². The molecule has 1 rings (SSSR count). The van der Waals surface area contributed by atoms with Gasteiger partial charge in [0.05, 0.1) is 19.3 Å². The summed E-state index contributed by atoms with van der Waals surface area (Å²) in [6.45, 7) is 9.63.